The van der Waals surface area contributed by atoms with Gasteiger partial charge in [-0.3, -0.25) is 4.79 Å². The van der Waals surface area contributed by atoms with Gasteiger partial charge in [0.05, 0.1) is 4.88 Å². The van der Waals surface area contributed by atoms with Gasteiger partial charge >= 0.3 is 0 Å². The van der Waals surface area contributed by atoms with Crippen molar-refractivity contribution in [2.75, 3.05) is 13.1 Å². The molecule has 1 fully saturated rings. The molecule has 22 heavy (non-hydrogen) atoms. The first kappa shape index (κ1) is 15.2. The molecule has 118 valence electrons. The molecule has 1 aliphatic heterocycles. The van der Waals surface area contributed by atoms with Crippen LogP contribution in [0.15, 0.2) is 12.4 Å². The van der Waals surface area contributed by atoms with Gasteiger partial charge in [0.25, 0.3) is 5.91 Å². The Hall–Kier alpha value is -1.69. The number of rotatable bonds is 3. The number of nitrogens with zero attached hydrogens (tertiary/aromatic N) is 4. The smallest absolute Gasteiger partial charge is 0.263 e. The van der Waals surface area contributed by atoms with Crippen molar-refractivity contribution in [3.63, 3.8) is 0 Å². The zero-order valence-corrected chi connectivity index (χ0v) is 14.2. The fourth-order valence-corrected chi connectivity index (χ4v) is 4.22. The van der Waals surface area contributed by atoms with Crippen molar-refractivity contribution in [3.05, 3.63) is 33.5 Å². The Kier molecular flexibility index (Phi) is 4.29. The highest BCUT2D eigenvalue weighted by atomic mass is 32.1. The highest BCUT2D eigenvalue weighted by Gasteiger charge is 2.27. The summed E-state index contributed by atoms with van der Waals surface area (Å²) in [6.07, 6.45) is 4.66. The molecule has 1 saturated heterocycles. The lowest BCUT2D eigenvalue weighted by Crippen LogP contribution is -2.38. The van der Waals surface area contributed by atoms with Crippen molar-refractivity contribution >= 4 is 17.2 Å². The predicted octanol–water partition coefficient (Wildman–Crippen LogP) is 2.77. The van der Waals surface area contributed by atoms with E-state index in [1.54, 1.807) is 17.7 Å². The van der Waals surface area contributed by atoms with Crippen molar-refractivity contribution < 1.29 is 4.79 Å². The third kappa shape index (κ3) is 2.79. The molecule has 0 unspecified atom stereocenters. The molecular weight excluding hydrogens is 296 g/mol. The summed E-state index contributed by atoms with van der Waals surface area (Å²) in [5.74, 6) is 1.63. The molecule has 6 heteroatoms. The summed E-state index contributed by atoms with van der Waals surface area (Å²) in [6, 6.07) is 2.04. The Morgan fingerprint density at radius 3 is 2.68 bits per heavy atom. The Morgan fingerprint density at radius 2 is 2.14 bits per heavy atom. The summed E-state index contributed by atoms with van der Waals surface area (Å²) in [4.78, 5) is 16.8. The molecule has 0 spiro atoms. The van der Waals surface area contributed by atoms with Crippen LogP contribution in [0.2, 0.25) is 0 Å². The van der Waals surface area contributed by atoms with Crippen LogP contribution >= 0.6 is 11.3 Å². The Bertz CT molecular complexity index is 667. The summed E-state index contributed by atoms with van der Waals surface area (Å²) in [5.41, 5.74) is 1.24. The first-order valence-corrected chi connectivity index (χ1v) is 8.64. The lowest BCUT2D eigenvalue weighted by molar-refractivity contribution is 0.0715. The van der Waals surface area contributed by atoms with Crippen LogP contribution in [0.4, 0.5) is 0 Å². The van der Waals surface area contributed by atoms with Crippen LogP contribution in [-0.2, 0) is 13.5 Å². The molecule has 2 aromatic heterocycles. The van der Waals surface area contributed by atoms with E-state index in [1.165, 1.54) is 10.4 Å². The fraction of sp³-hybridized carbons (Fsp3) is 0.562. The van der Waals surface area contributed by atoms with Crippen LogP contribution in [0.1, 0.15) is 51.6 Å². The molecule has 0 N–H and O–H groups in total. The van der Waals surface area contributed by atoms with Gasteiger partial charge in [-0.1, -0.05) is 6.92 Å². The number of carbonyl (C=O) groups is 1. The van der Waals surface area contributed by atoms with Crippen LogP contribution in [0.5, 0.6) is 0 Å². The number of hydrogen-bond donors (Lipinski definition) is 0. The molecule has 0 bridgehead atoms. The maximum atomic E-state index is 12.6. The first-order valence-electron chi connectivity index (χ1n) is 7.82. The SMILES string of the molecule is CCc1sc(C(=O)N2CCC(c3nncn3C)CC2)cc1C. The van der Waals surface area contributed by atoms with Crippen molar-refractivity contribution in [2.45, 2.75) is 39.0 Å². The molecule has 0 aliphatic carbocycles. The Labute approximate surface area is 135 Å². The van der Waals surface area contributed by atoms with E-state index in [0.29, 0.717) is 5.92 Å². The fourth-order valence-electron chi connectivity index (χ4n) is 3.13. The number of hydrogen-bond acceptors (Lipinski definition) is 4. The average Bonchev–Trinajstić information content (AvgIpc) is 3.12. The standard InChI is InChI=1S/C16H22N4OS/c1-4-13-11(2)9-14(22-13)16(21)20-7-5-12(6-8-20)15-18-17-10-19(15)3/h9-10,12H,4-8H2,1-3H3. The zero-order chi connectivity index (χ0) is 15.7. The van der Waals surface area contributed by atoms with Crippen LogP contribution in [0.25, 0.3) is 0 Å². The second-order valence-corrected chi connectivity index (χ2v) is 7.07. The van der Waals surface area contributed by atoms with Gasteiger partial charge in [0.2, 0.25) is 0 Å². The number of piperidine rings is 1. The largest absolute Gasteiger partial charge is 0.338 e. The third-order valence-electron chi connectivity index (χ3n) is 4.45. The van der Waals surface area contributed by atoms with Gasteiger partial charge < -0.3 is 9.47 Å². The van der Waals surface area contributed by atoms with E-state index in [4.69, 9.17) is 0 Å². The predicted molar refractivity (Wildman–Crippen MR) is 87.3 cm³/mol. The zero-order valence-electron chi connectivity index (χ0n) is 13.4. The van der Waals surface area contributed by atoms with Gasteiger partial charge in [-0.25, -0.2) is 0 Å². The minimum atomic E-state index is 0.184. The number of likely N-dealkylation sites (tertiary alicyclic amines) is 1. The van der Waals surface area contributed by atoms with E-state index < -0.39 is 0 Å². The van der Waals surface area contributed by atoms with Gasteiger partial charge in [0.15, 0.2) is 0 Å². The second-order valence-electron chi connectivity index (χ2n) is 5.94. The number of thiophene rings is 1. The molecule has 5 nitrogen and oxygen atoms in total. The maximum absolute atomic E-state index is 12.6. The van der Waals surface area contributed by atoms with Gasteiger partial charge in [-0.15, -0.1) is 21.5 Å². The Morgan fingerprint density at radius 1 is 1.41 bits per heavy atom. The molecule has 2 aromatic rings. The number of aryl methyl sites for hydroxylation is 3. The maximum Gasteiger partial charge on any atom is 0.263 e. The van der Waals surface area contributed by atoms with E-state index in [1.807, 2.05) is 22.6 Å². The monoisotopic (exact) mass is 318 g/mol. The molecule has 1 amide bonds. The molecule has 0 atom stereocenters. The minimum Gasteiger partial charge on any atom is -0.338 e. The summed E-state index contributed by atoms with van der Waals surface area (Å²) >= 11 is 1.64. The van der Waals surface area contributed by atoms with E-state index in [-0.39, 0.29) is 5.91 Å². The van der Waals surface area contributed by atoms with Crippen molar-refractivity contribution in [3.8, 4) is 0 Å². The average molecular weight is 318 g/mol. The normalized spacial score (nSPS) is 16.2. The summed E-state index contributed by atoms with van der Waals surface area (Å²) in [5, 5.41) is 8.16. The Balaban J connectivity index is 1.65. The molecule has 0 aromatic carbocycles. The highest BCUT2D eigenvalue weighted by Crippen LogP contribution is 2.29. The van der Waals surface area contributed by atoms with E-state index in [0.717, 1.165) is 43.1 Å². The summed E-state index contributed by atoms with van der Waals surface area (Å²) < 4.78 is 1.98. The van der Waals surface area contributed by atoms with Gasteiger partial charge in [0, 0.05) is 30.9 Å². The lowest BCUT2D eigenvalue weighted by Gasteiger charge is -2.31. The van der Waals surface area contributed by atoms with Gasteiger partial charge in [-0.2, -0.15) is 0 Å². The topological polar surface area (TPSA) is 51.0 Å². The molecule has 3 heterocycles. The highest BCUT2D eigenvalue weighted by molar-refractivity contribution is 7.14. The van der Waals surface area contributed by atoms with Gasteiger partial charge in [0.1, 0.15) is 12.2 Å². The van der Waals surface area contributed by atoms with Crippen LogP contribution in [0, 0.1) is 6.92 Å². The van der Waals surface area contributed by atoms with Crippen molar-refractivity contribution in [1.82, 2.24) is 19.7 Å². The van der Waals surface area contributed by atoms with Gasteiger partial charge in [-0.05, 0) is 37.8 Å². The number of aromatic nitrogens is 3. The quantitative estimate of drug-likeness (QED) is 0.874. The van der Waals surface area contributed by atoms with Crippen molar-refractivity contribution in [2.24, 2.45) is 7.05 Å². The van der Waals surface area contributed by atoms with E-state index in [9.17, 15) is 4.79 Å². The first-order chi connectivity index (χ1) is 10.6. The van der Waals surface area contributed by atoms with Crippen LogP contribution in [0.3, 0.4) is 0 Å². The summed E-state index contributed by atoms with van der Waals surface area (Å²) in [6.45, 7) is 5.83. The second kappa shape index (κ2) is 6.20. The van der Waals surface area contributed by atoms with Crippen LogP contribution in [-0.4, -0.2) is 38.7 Å². The molecular formula is C16H22N4OS. The number of carbonyl (C=O) groups excluding carboxylic acids is 1. The molecule has 0 saturated carbocycles. The molecule has 3 rings (SSSR count). The third-order valence-corrected chi connectivity index (χ3v) is 5.82. The minimum absolute atomic E-state index is 0.184. The van der Waals surface area contributed by atoms with E-state index >= 15 is 0 Å². The molecule has 0 radical (unpaired) electrons. The van der Waals surface area contributed by atoms with Crippen molar-refractivity contribution in [1.29, 1.82) is 0 Å². The van der Waals surface area contributed by atoms with Crippen LogP contribution < -0.4 is 0 Å². The number of amides is 1. The molecule has 1 aliphatic rings. The van der Waals surface area contributed by atoms with E-state index in [2.05, 4.69) is 24.0 Å². The summed E-state index contributed by atoms with van der Waals surface area (Å²) in [7, 11) is 1.98. The lowest BCUT2D eigenvalue weighted by atomic mass is 9.96.